The average Bonchev–Trinajstić information content (AvgIpc) is 2.64. The van der Waals surface area contributed by atoms with E-state index >= 15 is 0 Å². The molecule has 0 aromatic heterocycles. The fourth-order valence-electron chi connectivity index (χ4n) is 2.15. The summed E-state index contributed by atoms with van der Waals surface area (Å²) in [5.74, 6) is -2.10. The smallest absolute Gasteiger partial charge is 0.327 e. The second-order valence-corrected chi connectivity index (χ2v) is 8.57. The van der Waals surface area contributed by atoms with Gasteiger partial charge in [0.25, 0.3) is 5.91 Å². The topological polar surface area (TPSA) is 112 Å². The van der Waals surface area contributed by atoms with Crippen molar-refractivity contribution in [3.05, 3.63) is 11.6 Å². The number of thioether (sulfide) groups is 1. The van der Waals surface area contributed by atoms with E-state index in [9.17, 15) is 19.2 Å². The molecule has 0 unspecified atom stereocenters. The quantitative estimate of drug-likeness (QED) is 0.442. The summed E-state index contributed by atoms with van der Waals surface area (Å²) in [6, 6.07) is -0.821. The lowest BCUT2D eigenvalue weighted by molar-refractivity contribution is -0.152. The number of aldehydes is 1. The Bertz CT molecular complexity index is 575. The van der Waals surface area contributed by atoms with Crippen LogP contribution in [0.1, 0.15) is 34.6 Å². The molecule has 7 nitrogen and oxygen atoms in total. The molecular weight excluding hydrogens is 322 g/mol. The zero-order valence-corrected chi connectivity index (χ0v) is 14.5. The molecular formula is C15H21NO6S. The number of hydrogen-bond acceptors (Lipinski definition) is 5. The summed E-state index contributed by atoms with van der Waals surface area (Å²) >= 11 is 1.40. The van der Waals surface area contributed by atoms with Gasteiger partial charge in [-0.3, -0.25) is 14.4 Å². The lowest BCUT2D eigenvalue weighted by Crippen LogP contribution is -2.58. The summed E-state index contributed by atoms with van der Waals surface area (Å²) in [4.78, 5) is 44.5. The molecule has 8 heteroatoms. The largest absolute Gasteiger partial charge is 0.481 e. The normalized spacial score (nSPS) is 26.7. The number of hydrogen-bond donors (Lipinski definition) is 2. The number of aliphatic carboxylic acids is 2. The van der Waals surface area contributed by atoms with Crippen molar-refractivity contribution in [3.8, 4) is 0 Å². The molecule has 0 aliphatic carbocycles. The molecule has 0 spiro atoms. The van der Waals surface area contributed by atoms with E-state index in [4.69, 9.17) is 10.2 Å². The van der Waals surface area contributed by atoms with Crippen molar-refractivity contribution < 1.29 is 29.4 Å². The number of carbonyl (C=O) groups excluding carboxylic acids is 2. The van der Waals surface area contributed by atoms with Crippen molar-refractivity contribution in [2.45, 2.75) is 50.8 Å². The van der Waals surface area contributed by atoms with Crippen LogP contribution in [0.2, 0.25) is 0 Å². The highest BCUT2D eigenvalue weighted by Crippen LogP contribution is 2.52. The lowest BCUT2D eigenvalue weighted by Gasteiger charge is -2.38. The Kier molecular flexibility index (Phi) is 5.30. The highest BCUT2D eigenvalue weighted by atomic mass is 32.2. The van der Waals surface area contributed by atoms with Crippen molar-refractivity contribution in [1.29, 1.82) is 0 Å². The lowest BCUT2D eigenvalue weighted by atomic mass is 9.96. The third-order valence-corrected chi connectivity index (χ3v) is 5.01. The van der Waals surface area contributed by atoms with E-state index in [1.54, 1.807) is 34.6 Å². The van der Waals surface area contributed by atoms with Gasteiger partial charge in [-0.05, 0) is 40.7 Å². The standard InChI is InChI=1S/C10H11NO4S.C5H10O2/c1-10(2)6(9(14)15)11-7(13)5(3-4-12)8(11)16-10;1-5(2,3)4(6)7/h3-4,6,8H,1-2H3,(H,14,15);1-3H3,(H,6,7)/b5-3-;/t6-,8+;/m0./s1. The first-order chi connectivity index (χ1) is 10.3. The number of fused-ring (bicyclic) bond motifs is 1. The van der Waals surface area contributed by atoms with E-state index in [1.807, 2.05) is 0 Å². The Labute approximate surface area is 138 Å². The minimum absolute atomic E-state index is 0.284. The number of carboxylic acids is 2. The molecule has 0 bridgehead atoms. The number of carboxylic acid groups (broad SMARTS) is 2. The minimum atomic E-state index is -1.00. The van der Waals surface area contributed by atoms with Crippen LogP contribution in [0.5, 0.6) is 0 Å². The van der Waals surface area contributed by atoms with Gasteiger partial charge in [-0.1, -0.05) is 0 Å². The maximum atomic E-state index is 11.7. The second-order valence-electron chi connectivity index (χ2n) is 6.84. The molecule has 0 aromatic rings. The molecule has 0 aromatic carbocycles. The molecule has 0 saturated carbocycles. The molecule has 23 heavy (non-hydrogen) atoms. The first-order valence-corrected chi connectivity index (χ1v) is 7.84. The number of β-lactam (4-membered cyclic amide) rings is 1. The van der Waals surface area contributed by atoms with Gasteiger partial charge in [0.15, 0.2) is 0 Å². The van der Waals surface area contributed by atoms with Crippen LogP contribution >= 0.6 is 11.8 Å². The van der Waals surface area contributed by atoms with Crippen LogP contribution in [-0.4, -0.2) is 55.4 Å². The fourth-order valence-corrected chi connectivity index (χ4v) is 3.70. The summed E-state index contributed by atoms with van der Waals surface area (Å²) in [5, 5.41) is 17.1. The van der Waals surface area contributed by atoms with Crippen molar-refractivity contribution in [1.82, 2.24) is 4.90 Å². The SMILES string of the molecule is CC(C)(C)C(=O)O.CC1(C)S[C@@H]2/C(=C\C=O)C(=O)N2[C@H]1C(=O)O. The molecule has 2 rings (SSSR count). The second kappa shape index (κ2) is 6.35. The van der Waals surface area contributed by atoms with E-state index in [0.717, 1.165) is 0 Å². The van der Waals surface area contributed by atoms with E-state index in [-0.39, 0.29) is 11.3 Å². The number of allylic oxidation sites excluding steroid dienone is 1. The predicted octanol–water partition coefficient (Wildman–Crippen LogP) is 1.38. The molecule has 2 fully saturated rings. The summed E-state index contributed by atoms with van der Waals surface area (Å²) in [5.41, 5.74) is -0.183. The van der Waals surface area contributed by atoms with Crippen LogP contribution < -0.4 is 0 Å². The first kappa shape index (κ1) is 19.2. The van der Waals surface area contributed by atoms with E-state index in [1.165, 1.54) is 22.7 Å². The number of amides is 1. The zero-order chi connectivity index (χ0) is 18.2. The van der Waals surface area contributed by atoms with Gasteiger partial charge in [0, 0.05) is 4.75 Å². The summed E-state index contributed by atoms with van der Waals surface area (Å²) in [6.07, 6.45) is 1.78. The molecule has 2 saturated heterocycles. The molecule has 2 aliphatic heterocycles. The molecule has 2 N–H and O–H groups in total. The Morgan fingerprint density at radius 1 is 1.26 bits per heavy atom. The Morgan fingerprint density at radius 3 is 2.09 bits per heavy atom. The van der Waals surface area contributed by atoms with Gasteiger partial charge >= 0.3 is 11.9 Å². The van der Waals surface area contributed by atoms with Crippen LogP contribution in [0, 0.1) is 5.41 Å². The monoisotopic (exact) mass is 343 g/mol. The summed E-state index contributed by atoms with van der Waals surface area (Å²) in [7, 11) is 0. The van der Waals surface area contributed by atoms with Crippen LogP contribution in [0.4, 0.5) is 0 Å². The molecule has 1 amide bonds. The van der Waals surface area contributed by atoms with Crippen molar-refractivity contribution in [2.75, 3.05) is 0 Å². The summed E-state index contributed by atoms with van der Waals surface area (Å²) in [6.45, 7) is 8.57. The number of carbonyl (C=O) groups is 4. The van der Waals surface area contributed by atoms with Gasteiger partial charge in [-0.15, -0.1) is 11.8 Å². The van der Waals surface area contributed by atoms with Gasteiger partial charge in [-0.25, -0.2) is 4.79 Å². The van der Waals surface area contributed by atoms with Crippen LogP contribution in [-0.2, 0) is 19.2 Å². The van der Waals surface area contributed by atoms with Crippen LogP contribution in [0.3, 0.4) is 0 Å². The van der Waals surface area contributed by atoms with Crippen molar-refractivity contribution in [3.63, 3.8) is 0 Å². The Morgan fingerprint density at radius 2 is 1.74 bits per heavy atom. The van der Waals surface area contributed by atoms with E-state index in [2.05, 4.69) is 0 Å². The van der Waals surface area contributed by atoms with Crippen LogP contribution in [0.15, 0.2) is 11.6 Å². The van der Waals surface area contributed by atoms with Gasteiger partial charge in [0.05, 0.1) is 11.0 Å². The number of rotatable bonds is 2. The van der Waals surface area contributed by atoms with E-state index < -0.39 is 28.1 Å². The fraction of sp³-hybridized carbons (Fsp3) is 0.600. The molecule has 0 radical (unpaired) electrons. The Balaban J connectivity index is 0.000000322. The summed E-state index contributed by atoms with van der Waals surface area (Å²) < 4.78 is -0.537. The third kappa shape index (κ3) is 3.74. The van der Waals surface area contributed by atoms with Crippen molar-refractivity contribution in [2.24, 2.45) is 5.41 Å². The highest BCUT2D eigenvalue weighted by Gasteiger charge is 2.61. The molecule has 2 heterocycles. The van der Waals surface area contributed by atoms with Crippen LogP contribution in [0.25, 0.3) is 0 Å². The third-order valence-electron chi connectivity index (χ3n) is 3.48. The Hall–Kier alpha value is -1.83. The maximum absolute atomic E-state index is 11.7. The molecule has 2 atom stereocenters. The van der Waals surface area contributed by atoms with Gasteiger partial charge in [0.1, 0.15) is 17.7 Å². The zero-order valence-electron chi connectivity index (χ0n) is 13.7. The minimum Gasteiger partial charge on any atom is -0.481 e. The molecule has 128 valence electrons. The first-order valence-electron chi connectivity index (χ1n) is 6.96. The predicted molar refractivity (Wildman–Crippen MR) is 85.0 cm³/mol. The van der Waals surface area contributed by atoms with E-state index in [0.29, 0.717) is 11.9 Å². The van der Waals surface area contributed by atoms with Gasteiger partial charge < -0.3 is 15.1 Å². The van der Waals surface area contributed by atoms with Gasteiger partial charge in [0.2, 0.25) is 0 Å². The van der Waals surface area contributed by atoms with Gasteiger partial charge in [-0.2, -0.15) is 0 Å². The van der Waals surface area contributed by atoms with Crippen molar-refractivity contribution >= 4 is 35.9 Å². The maximum Gasteiger partial charge on any atom is 0.327 e. The highest BCUT2D eigenvalue weighted by molar-refractivity contribution is 8.01. The molecule has 2 aliphatic rings. The average molecular weight is 343 g/mol. The number of nitrogens with zero attached hydrogens (tertiary/aromatic N) is 1.